The predicted molar refractivity (Wildman–Crippen MR) is 111 cm³/mol. The molecular formula is C21H31N3O4S. The third-order valence-electron chi connectivity index (χ3n) is 5.91. The predicted octanol–water partition coefficient (Wildman–Crippen LogP) is 2.19. The summed E-state index contributed by atoms with van der Waals surface area (Å²) < 4.78 is 25.8. The molecule has 2 amide bonds. The molecule has 0 aliphatic carbocycles. The van der Waals surface area contributed by atoms with Crippen molar-refractivity contribution in [2.75, 3.05) is 40.3 Å². The first-order valence-corrected chi connectivity index (χ1v) is 11.9. The number of nitrogens with zero attached hydrogens (tertiary/aromatic N) is 3. The van der Waals surface area contributed by atoms with Crippen molar-refractivity contribution >= 4 is 21.8 Å². The first-order chi connectivity index (χ1) is 13.8. The Morgan fingerprint density at radius 3 is 2.14 bits per heavy atom. The summed E-state index contributed by atoms with van der Waals surface area (Å²) in [7, 11) is -0.650. The molecule has 0 bridgehead atoms. The minimum atomic E-state index is -3.59. The molecule has 0 radical (unpaired) electrons. The lowest BCUT2D eigenvalue weighted by molar-refractivity contribution is -0.136. The van der Waals surface area contributed by atoms with Crippen molar-refractivity contribution in [3.05, 3.63) is 29.8 Å². The van der Waals surface area contributed by atoms with E-state index in [0.717, 1.165) is 30.2 Å². The number of hydrogen-bond donors (Lipinski definition) is 0. The van der Waals surface area contributed by atoms with Crippen molar-refractivity contribution in [2.24, 2.45) is 5.92 Å². The lowest BCUT2D eigenvalue weighted by atomic mass is 9.94. The topological polar surface area (TPSA) is 78.0 Å². The van der Waals surface area contributed by atoms with Gasteiger partial charge in [0.15, 0.2) is 0 Å². The van der Waals surface area contributed by atoms with Gasteiger partial charge in [0.1, 0.15) is 0 Å². The standard InChI is InChI=1S/C21H31N3O4S/c1-22(2)29(27,28)19-9-7-8-18(16-19)21(26)24-14-10-17(11-15-24)20(25)23-12-5-3-4-6-13-23/h7-9,16-17H,3-6,10-15H2,1-2H3. The largest absolute Gasteiger partial charge is 0.342 e. The third kappa shape index (κ3) is 4.98. The second-order valence-electron chi connectivity index (χ2n) is 8.12. The van der Waals surface area contributed by atoms with Crippen LogP contribution in [-0.2, 0) is 14.8 Å². The zero-order chi connectivity index (χ0) is 21.0. The van der Waals surface area contributed by atoms with Crippen LogP contribution in [0.25, 0.3) is 0 Å². The van der Waals surface area contributed by atoms with Crippen LogP contribution in [0.3, 0.4) is 0 Å². The van der Waals surface area contributed by atoms with Crippen molar-refractivity contribution in [3.8, 4) is 0 Å². The van der Waals surface area contributed by atoms with Crippen LogP contribution in [0.5, 0.6) is 0 Å². The summed E-state index contributed by atoms with van der Waals surface area (Å²) >= 11 is 0. The first kappa shape index (κ1) is 21.8. The van der Waals surface area contributed by atoms with Gasteiger partial charge in [0.05, 0.1) is 4.90 Å². The van der Waals surface area contributed by atoms with Crippen molar-refractivity contribution in [3.63, 3.8) is 0 Å². The lowest BCUT2D eigenvalue weighted by Gasteiger charge is -2.34. The molecule has 2 saturated heterocycles. The highest BCUT2D eigenvalue weighted by Gasteiger charge is 2.31. The number of carbonyl (C=O) groups excluding carboxylic acids is 2. The number of amides is 2. The van der Waals surface area contributed by atoms with E-state index < -0.39 is 10.0 Å². The first-order valence-electron chi connectivity index (χ1n) is 10.4. The van der Waals surface area contributed by atoms with E-state index in [1.54, 1.807) is 17.0 Å². The number of carbonyl (C=O) groups is 2. The second-order valence-corrected chi connectivity index (χ2v) is 10.3. The fourth-order valence-electron chi connectivity index (χ4n) is 4.06. The van der Waals surface area contributed by atoms with E-state index in [2.05, 4.69) is 0 Å². The Kier molecular flexibility index (Phi) is 6.95. The number of rotatable bonds is 4. The van der Waals surface area contributed by atoms with Crippen LogP contribution < -0.4 is 0 Å². The summed E-state index contributed by atoms with van der Waals surface area (Å²) in [6.07, 6.45) is 5.87. The molecule has 7 nitrogen and oxygen atoms in total. The highest BCUT2D eigenvalue weighted by molar-refractivity contribution is 7.89. The van der Waals surface area contributed by atoms with Gasteiger partial charge in [-0.2, -0.15) is 0 Å². The molecule has 1 aromatic carbocycles. The minimum absolute atomic E-state index is 0.0161. The molecule has 0 N–H and O–H groups in total. The summed E-state index contributed by atoms with van der Waals surface area (Å²) in [4.78, 5) is 29.6. The van der Waals surface area contributed by atoms with Crippen molar-refractivity contribution in [2.45, 2.75) is 43.4 Å². The minimum Gasteiger partial charge on any atom is -0.342 e. The zero-order valence-electron chi connectivity index (χ0n) is 17.3. The Bertz CT molecular complexity index is 837. The average molecular weight is 422 g/mol. The summed E-state index contributed by atoms with van der Waals surface area (Å²) in [5.41, 5.74) is 0.366. The normalized spacial score (nSPS) is 19.3. The summed E-state index contributed by atoms with van der Waals surface area (Å²) in [6.45, 7) is 2.75. The molecule has 0 saturated carbocycles. The Labute approximate surface area is 173 Å². The molecule has 160 valence electrons. The van der Waals surface area contributed by atoms with E-state index in [1.807, 2.05) is 4.90 Å². The Hall–Kier alpha value is -1.93. The quantitative estimate of drug-likeness (QED) is 0.747. The van der Waals surface area contributed by atoms with Crippen LogP contribution in [0.15, 0.2) is 29.2 Å². The molecule has 2 fully saturated rings. The smallest absolute Gasteiger partial charge is 0.253 e. The van der Waals surface area contributed by atoms with E-state index in [-0.39, 0.29) is 22.6 Å². The Morgan fingerprint density at radius 1 is 0.931 bits per heavy atom. The molecule has 29 heavy (non-hydrogen) atoms. The number of sulfonamides is 1. The molecule has 2 aliphatic rings. The van der Waals surface area contributed by atoms with Gasteiger partial charge in [-0.15, -0.1) is 0 Å². The highest BCUT2D eigenvalue weighted by atomic mass is 32.2. The van der Waals surface area contributed by atoms with E-state index in [4.69, 9.17) is 0 Å². The van der Waals surface area contributed by atoms with Gasteiger partial charge >= 0.3 is 0 Å². The summed E-state index contributed by atoms with van der Waals surface area (Å²) in [5, 5.41) is 0. The van der Waals surface area contributed by atoms with Crippen LogP contribution in [-0.4, -0.2) is 74.6 Å². The summed E-state index contributed by atoms with van der Waals surface area (Å²) in [6, 6.07) is 6.18. The van der Waals surface area contributed by atoms with Gasteiger partial charge in [-0.05, 0) is 43.9 Å². The number of likely N-dealkylation sites (tertiary alicyclic amines) is 2. The van der Waals surface area contributed by atoms with Crippen LogP contribution in [0.1, 0.15) is 48.9 Å². The molecule has 0 unspecified atom stereocenters. The monoisotopic (exact) mass is 421 g/mol. The van der Waals surface area contributed by atoms with E-state index in [9.17, 15) is 18.0 Å². The molecule has 0 aromatic heterocycles. The van der Waals surface area contributed by atoms with Crippen LogP contribution >= 0.6 is 0 Å². The van der Waals surface area contributed by atoms with Gasteiger partial charge in [-0.1, -0.05) is 18.9 Å². The molecule has 0 atom stereocenters. The van der Waals surface area contributed by atoms with Gasteiger partial charge in [0.2, 0.25) is 15.9 Å². The van der Waals surface area contributed by atoms with Gasteiger partial charge < -0.3 is 9.80 Å². The van der Waals surface area contributed by atoms with Crippen LogP contribution in [0, 0.1) is 5.92 Å². The fourth-order valence-corrected chi connectivity index (χ4v) is 5.01. The van der Waals surface area contributed by atoms with Crippen LogP contribution in [0.2, 0.25) is 0 Å². The average Bonchev–Trinajstić information content (AvgIpc) is 3.02. The van der Waals surface area contributed by atoms with Gasteiger partial charge in [0.25, 0.3) is 5.91 Å². The molecule has 2 aliphatic heterocycles. The zero-order valence-corrected chi connectivity index (χ0v) is 18.2. The fraction of sp³-hybridized carbons (Fsp3) is 0.619. The Balaban J connectivity index is 1.62. The maximum absolute atomic E-state index is 12.9. The van der Waals surface area contributed by atoms with E-state index in [1.165, 1.54) is 39.1 Å². The lowest BCUT2D eigenvalue weighted by Crippen LogP contribution is -2.44. The third-order valence-corrected chi connectivity index (χ3v) is 7.72. The van der Waals surface area contributed by atoms with Crippen molar-refractivity contribution in [1.82, 2.24) is 14.1 Å². The number of piperidine rings is 1. The highest BCUT2D eigenvalue weighted by Crippen LogP contribution is 2.24. The van der Waals surface area contributed by atoms with Crippen molar-refractivity contribution < 1.29 is 18.0 Å². The van der Waals surface area contributed by atoms with Gasteiger partial charge in [-0.25, -0.2) is 12.7 Å². The molecule has 3 rings (SSSR count). The van der Waals surface area contributed by atoms with Crippen molar-refractivity contribution in [1.29, 1.82) is 0 Å². The SMILES string of the molecule is CN(C)S(=O)(=O)c1cccc(C(=O)N2CCC(C(=O)N3CCCCCC3)CC2)c1. The maximum atomic E-state index is 12.9. The molecule has 8 heteroatoms. The van der Waals surface area contributed by atoms with E-state index in [0.29, 0.717) is 31.5 Å². The van der Waals surface area contributed by atoms with E-state index >= 15 is 0 Å². The van der Waals surface area contributed by atoms with Gasteiger partial charge in [-0.3, -0.25) is 9.59 Å². The second kappa shape index (κ2) is 9.26. The number of hydrogen-bond acceptors (Lipinski definition) is 4. The molecule has 2 heterocycles. The summed E-state index contributed by atoms with van der Waals surface area (Å²) in [5.74, 6) is 0.0390. The molecule has 0 spiro atoms. The maximum Gasteiger partial charge on any atom is 0.253 e. The van der Waals surface area contributed by atoms with Gasteiger partial charge in [0, 0.05) is 51.8 Å². The molecule has 1 aromatic rings. The number of benzene rings is 1. The molecular weight excluding hydrogens is 390 g/mol. The van der Waals surface area contributed by atoms with Crippen LogP contribution in [0.4, 0.5) is 0 Å². The Morgan fingerprint density at radius 2 is 1.55 bits per heavy atom.